The predicted molar refractivity (Wildman–Crippen MR) is 184 cm³/mol. The van der Waals surface area contributed by atoms with E-state index in [1.165, 1.54) is 22.3 Å². The minimum absolute atomic E-state index is 0.0370. The average molecular weight is 615 g/mol. The molecule has 1 spiro atoms. The molecule has 2 aliphatic rings. The monoisotopic (exact) mass is 614 g/mol. The fraction of sp³-hybridized carbons (Fsp3) is 0.317. The number of phenols is 1. The zero-order chi connectivity index (χ0) is 32.4. The highest BCUT2D eigenvalue weighted by atomic mass is 16.5. The van der Waals surface area contributed by atoms with Crippen LogP contribution in [0.15, 0.2) is 84.9 Å². The second-order valence-electron chi connectivity index (χ2n) is 14.7. The minimum Gasteiger partial charge on any atom is -0.507 e. The number of benzene rings is 5. The van der Waals surface area contributed by atoms with Gasteiger partial charge < -0.3 is 24.4 Å². The highest BCUT2D eigenvalue weighted by Crippen LogP contribution is 2.65. The van der Waals surface area contributed by atoms with Crippen molar-refractivity contribution in [3.05, 3.63) is 102 Å². The van der Waals surface area contributed by atoms with E-state index in [4.69, 9.17) is 14.2 Å². The minimum atomic E-state index is -0.206. The fourth-order valence-electron chi connectivity index (χ4n) is 8.96. The fourth-order valence-corrected chi connectivity index (χ4v) is 8.96. The van der Waals surface area contributed by atoms with Crippen molar-refractivity contribution in [2.24, 2.45) is 10.8 Å². The van der Waals surface area contributed by atoms with Gasteiger partial charge in [-0.1, -0.05) is 64.1 Å². The standard InChI is InChI=1S/C41H42O5/c1-39(2)22-40(3,4)24-41(23-39)33-10-8-7-9-29(33)38-32-19-37(46-26-13-11-25(21-42)12-14-26)31(18-30(32)35(43)20-34(38)41)28-16-15-27(44-5)17-36(28)45-6/h7-20,42-43H,21-24H2,1-6H3. The first-order valence-corrected chi connectivity index (χ1v) is 16.0. The van der Waals surface area contributed by atoms with Crippen molar-refractivity contribution >= 4 is 10.8 Å². The summed E-state index contributed by atoms with van der Waals surface area (Å²) in [6.07, 6.45) is 3.18. The average Bonchev–Trinajstić information content (AvgIpc) is 3.27. The van der Waals surface area contributed by atoms with Gasteiger partial charge in [0.25, 0.3) is 0 Å². The summed E-state index contributed by atoms with van der Waals surface area (Å²) in [5.74, 6) is 2.87. The number of aliphatic hydroxyl groups is 1. The summed E-state index contributed by atoms with van der Waals surface area (Å²) in [7, 11) is 3.27. The molecule has 0 amide bonds. The predicted octanol–water partition coefficient (Wildman–Crippen LogP) is 10.0. The van der Waals surface area contributed by atoms with Gasteiger partial charge in [0.2, 0.25) is 0 Å². The van der Waals surface area contributed by atoms with E-state index in [0.717, 1.165) is 46.7 Å². The van der Waals surface area contributed by atoms with E-state index in [0.29, 0.717) is 23.0 Å². The summed E-state index contributed by atoms with van der Waals surface area (Å²) in [6, 6.07) is 28.1. The summed E-state index contributed by atoms with van der Waals surface area (Å²) in [6.45, 7) is 9.52. The molecule has 0 bridgehead atoms. The summed E-state index contributed by atoms with van der Waals surface area (Å²) in [5, 5.41) is 23.2. The largest absolute Gasteiger partial charge is 0.507 e. The Bertz CT molecular complexity index is 1950. The van der Waals surface area contributed by atoms with Crippen molar-refractivity contribution in [2.75, 3.05) is 14.2 Å². The number of hydrogen-bond donors (Lipinski definition) is 2. The van der Waals surface area contributed by atoms with Crippen molar-refractivity contribution in [2.45, 2.75) is 59.0 Å². The van der Waals surface area contributed by atoms with Crippen molar-refractivity contribution in [3.63, 3.8) is 0 Å². The molecule has 5 aromatic rings. The third kappa shape index (κ3) is 4.89. The number of phenolic OH excluding ortho intramolecular Hbond substituents is 1. The Kier molecular flexibility index (Phi) is 7.09. The van der Waals surface area contributed by atoms with Crippen LogP contribution in [0.3, 0.4) is 0 Å². The van der Waals surface area contributed by atoms with Crippen LogP contribution in [0.1, 0.15) is 63.6 Å². The Morgan fingerprint density at radius 1 is 0.630 bits per heavy atom. The summed E-state index contributed by atoms with van der Waals surface area (Å²) >= 11 is 0. The van der Waals surface area contributed by atoms with E-state index in [-0.39, 0.29) is 28.6 Å². The number of aromatic hydroxyl groups is 1. The molecule has 0 unspecified atom stereocenters. The zero-order valence-electron chi connectivity index (χ0n) is 27.5. The maximum absolute atomic E-state index is 11.9. The molecule has 0 radical (unpaired) electrons. The van der Waals surface area contributed by atoms with Crippen LogP contribution in [0.2, 0.25) is 0 Å². The van der Waals surface area contributed by atoms with E-state index >= 15 is 0 Å². The van der Waals surface area contributed by atoms with E-state index in [1.54, 1.807) is 14.2 Å². The molecule has 5 heteroatoms. The molecule has 0 aliphatic heterocycles. The number of fused-ring (bicyclic) bond motifs is 7. The maximum atomic E-state index is 11.9. The second-order valence-corrected chi connectivity index (χ2v) is 14.7. The Balaban J connectivity index is 1.52. The molecule has 236 valence electrons. The summed E-state index contributed by atoms with van der Waals surface area (Å²) in [4.78, 5) is 0. The lowest BCUT2D eigenvalue weighted by Gasteiger charge is -2.51. The first-order chi connectivity index (χ1) is 22.0. The van der Waals surface area contributed by atoms with Crippen LogP contribution in [0, 0.1) is 10.8 Å². The number of ether oxygens (including phenoxy) is 3. The van der Waals surface area contributed by atoms with Gasteiger partial charge in [-0.15, -0.1) is 0 Å². The van der Waals surface area contributed by atoms with E-state index in [1.807, 2.05) is 54.6 Å². The first-order valence-electron chi connectivity index (χ1n) is 16.0. The molecule has 0 aromatic heterocycles. The van der Waals surface area contributed by atoms with Gasteiger partial charge >= 0.3 is 0 Å². The molecule has 0 atom stereocenters. The van der Waals surface area contributed by atoms with Crippen LogP contribution >= 0.6 is 0 Å². The second kappa shape index (κ2) is 10.8. The van der Waals surface area contributed by atoms with Gasteiger partial charge in [-0.25, -0.2) is 0 Å². The maximum Gasteiger partial charge on any atom is 0.136 e. The number of methoxy groups -OCH3 is 2. The quantitative estimate of drug-likeness (QED) is 0.199. The smallest absolute Gasteiger partial charge is 0.136 e. The van der Waals surface area contributed by atoms with E-state index in [2.05, 4.69) is 58.0 Å². The van der Waals surface area contributed by atoms with Crippen LogP contribution in [0.4, 0.5) is 0 Å². The summed E-state index contributed by atoms with van der Waals surface area (Å²) < 4.78 is 18.0. The number of rotatable bonds is 6. The number of aliphatic hydroxyl groups excluding tert-OH is 1. The van der Waals surface area contributed by atoms with Crippen LogP contribution in [-0.4, -0.2) is 24.4 Å². The van der Waals surface area contributed by atoms with Gasteiger partial charge in [0, 0.05) is 28.0 Å². The molecule has 7 rings (SSSR count). The van der Waals surface area contributed by atoms with Gasteiger partial charge in [-0.05, 0) is 106 Å². The normalized spacial score (nSPS) is 17.0. The molecule has 2 N–H and O–H groups in total. The molecular weight excluding hydrogens is 572 g/mol. The van der Waals surface area contributed by atoms with Gasteiger partial charge in [0.1, 0.15) is 28.7 Å². The third-order valence-corrected chi connectivity index (χ3v) is 9.99. The molecule has 5 nitrogen and oxygen atoms in total. The Labute approximate surface area is 271 Å². The lowest BCUT2D eigenvalue weighted by molar-refractivity contribution is 0.0645. The highest BCUT2D eigenvalue weighted by molar-refractivity contribution is 6.08. The molecular formula is C41H42O5. The van der Waals surface area contributed by atoms with Gasteiger partial charge in [0.15, 0.2) is 0 Å². The SMILES string of the molecule is COc1ccc(-c2cc3c(O)cc4c(c3cc2Oc2ccc(CO)cc2)-c2ccccc2C42CC(C)(C)CC(C)(C)C2)c(OC)c1. The zero-order valence-corrected chi connectivity index (χ0v) is 27.5. The van der Waals surface area contributed by atoms with Crippen molar-refractivity contribution in [3.8, 4) is 51.0 Å². The highest BCUT2D eigenvalue weighted by Gasteiger charge is 2.53. The van der Waals surface area contributed by atoms with Crippen LogP contribution in [-0.2, 0) is 12.0 Å². The Hall–Kier alpha value is -4.48. The lowest BCUT2D eigenvalue weighted by atomic mass is 9.52. The molecule has 1 fully saturated rings. The molecule has 1 saturated carbocycles. The van der Waals surface area contributed by atoms with Crippen LogP contribution < -0.4 is 14.2 Å². The Morgan fingerprint density at radius 3 is 2.00 bits per heavy atom. The van der Waals surface area contributed by atoms with E-state index < -0.39 is 0 Å². The summed E-state index contributed by atoms with van der Waals surface area (Å²) in [5.41, 5.74) is 7.42. The van der Waals surface area contributed by atoms with Gasteiger partial charge in [-0.3, -0.25) is 0 Å². The van der Waals surface area contributed by atoms with Crippen molar-refractivity contribution in [1.29, 1.82) is 0 Å². The Morgan fingerprint density at radius 2 is 1.33 bits per heavy atom. The molecule has 46 heavy (non-hydrogen) atoms. The van der Waals surface area contributed by atoms with Crippen molar-refractivity contribution < 1.29 is 24.4 Å². The molecule has 0 heterocycles. The van der Waals surface area contributed by atoms with Crippen molar-refractivity contribution in [1.82, 2.24) is 0 Å². The van der Waals surface area contributed by atoms with Gasteiger partial charge in [-0.2, -0.15) is 0 Å². The topological polar surface area (TPSA) is 68.2 Å². The van der Waals surface area contributed by atoms with Gasteiger partial charge in [0.05, 0.1) is 20.8 Å². The van der Waals surface area contributed by atoms with Crippen LogP contribution in [0.5, 0.6) is 28.7 Å². The number of hydrogen-bond acceptors (Lipinski definition) is 5. The molecule has 0 saturated heterocycles. The lowest BCUT2D eigenvalue weighted by Crippen LogP contribution is -2.43. The molecule has 2 aliphatic carbocycles. The van der Waals surface area contributed by atoms with E-state index in [9.17, 15) is 10.2 Å². The first kappa shape index (κ1) is 30.2. The third-order valence-electron chi connectivity index (χ3n) is 9.99. The molecule has 5 aromatic carbocycles. The van der Waals surface area contributed by atoms with Crippen LogP contribution in [0.25, 0.3) is 33.0 Å².